The van der Waals surface area contributed by atoms with E-state index in [1.807, 2.05) is 25.3 Å². The predicted octanol–water partition coefficient (Wildman–Crippen LogP) is 0.961. The highest BCUT2D eigenvalue weighted by Crippen LogP contribution is 2.07. The zero-order valence-electron chi connectivity index (χ0n) is 12.9. The summed E-state index contributed by atoms with van der Waals surface area (Å²) in [4.78, 5) is 16.0. The quantitative estimate of drug-likeness (QED) is 0.710. The van der Waals surface area contributed by atoms with Crippen LogP contribution in [0.3, 0.4) is 0 Å². The zero-order chi connectivity index (χ0) is 15.8. The molecule has 7 nitrogen and oxygen atoms in total. The Balaban J connectivity index is 1.78. The van der Waals surface area contributed by atoms with Crippen molar-refractivity contribution in [2.24, 2.45) is 0 Å². The lowest BCUT2D eigenvalue weighted by atomic mass is 10.3. The fourth-order valence-corrected chi connectivity index (χ4v) is 1.83. The smallest absolute Gasteiger partial charge is 0.241 e. The zero-order valence-corrected chi connectivity index (χ0v) is 12.9. The number of rotatable bonds is 8. The molecule has 22 heavy (non-hydrogen) atoms. The molecular weight excluding hydrogens is 282 g/mol. The van der Waals surface area contributed by atoms with E-state index < -0.39 is 0 Å². The number of aromatic nitrogens is 3. The van der Waals surface area contributed by atoms with Gasteiger partial charge in [-0.2, -0.15) is 5.10 Å². The Labute approximate surface area is 129 Å². The molecule has 0 atom stereocenters. The van der Waals surface area contributed by atoms with Gasteiger partial charge in [0.1, 0.15) is 6.54 Å². The van der Waals surface area contributed by atoms with Gasteiger partial charge in [0.05, 0.1) is 30.7 Å². The van der Waals surface area contributed by atoms with Gasteiger partial charge in [-0.3, -0.25) is 14.5 Å². The fraction of sp³-hybridized carbons (Fsp3) is 0.400. The van der Waals surface area contributed by atoms with Crippen molar-refractivity contribution in [3.63, 3.8) is 0 Å². The van der Waals surface area contributed by atoms with E-state index in [1.54, 1.807) is 24.2 Å². The second kappa shape index (κ2) is 8.14. The number of pyridine rings is 1. The van der Waals surface area contributed by atoms with Gasteiger partial charge >= 0.3 is 0 Å². The Hall–Kier alpha value is -2.41. The molecule has 0 aliphatic heterocycles. The van der Waals surface area contributed by atoms with E-state index in [1.165, 1.54) is 0 Å². The normalized spacial score (nSPS) is 10.5. The van der Waals surface area contributed by atoms with Crippen LogP contribution in [0.1, 0.15) is 11.3 Å². The van der Waals surface area contributed by atoms with Crippen molar-refractivity contribution in [2.45, 2.75) is 20.0 Å². The number of carbonyl (C=O) groups excluding carboxylic acids is 1. The molecule has 118 valence electrons. The Morgan fingerprint density at radius 3 is 2.95 bits per heavy atom. The number of hydrogen-bond acceptors (Lipinski definition) is 5. The fourth-order valence-electron chi connectivity index (χ4n) is 1.83. The SMILES string of the molecule is COCCNC(=O)Cn1cc(NCc2ccc(C)cn2)cn1. The third kappa shape index (κ3) is 5.17. The molecule has 1 amide bonds. The molecule has 0 bridgehead atoms. The molecular formula is C15H21N5O2. The average molecular weight is 303 g/mol. The van der Waals surface area contributed by atoms with Crippen molar-refractivity contribution in [3.05, 3.63) is 42.0 Å². The molecule has 2 aromatic rings. The molecule has 2 rings (SSSR count). The summed E-state index contributed by atoms with van der Waals surface area (Å²) in [7, 11) is 1.60. The Bertz CT molecular complexity index is 594. The van der Waals surface area contributed by atoms with E-state index in [0.29, 0.717) is 19.7 Å². The lowest BCUT2D eigenvalue weighted by molar-refractivity contribution is -0.122. The van der Waals surface area contributed by atoms with E-state index in [4.69, 9.17) is 4.74 Å². The van der Waals surface area contributed by atoms with Crippen LogP contribution in [0.5, 0.6) is 0 Å². The van der Waals surface area contributed by atoms with Gasteiger partial charge in [-0.1, -0.05) is 6.07 Å². The van der Waals surface area contributed by atoms with Crippen LogP contribution in [0.4, 0.5) is 5.69 Å². The van der Waals surface area contributed by atoms with Crippen LogP contribution >= 0.6 is 0 Å². The van der Waals surface area contributed by atoms with Gasteiger partial charge in [0.25, 0.3) is 0 Å². The van der Waals surface area contributed by atoms with Crippen molar-refractivity contribution in [1.82, 2.24) is 20.1 Å². The number of nitrogens with zero attached hydrogens (tertiary/aromatic N) is 3. The van der Waals surface area contributed by atoms with Crippen molar-refractivity contribution < 1.29 is 9.53 Å². The Morgan fingerprint density at radius 2 is 2.23 bits per heavy atom. The summed E-state index contributed by atoms with van der Waals surface area (Å²) in [6.45, 7) is 3.81. The second-order valence-corrected chi connectivity index (χ2v) is 4.95. The van der Waals surface area contributed by atoms with E-state index in [2.05, 4.69) is 20.7 Å². The molecule has 2 heterocycles. The maximum Gasteiger partial charge on any atom is 0.241 e. The summed E-state index contributed by atoms with van der Waals surface area (Å²) in [5.41, 5.74) is 2.94. The standard InChI is InChI=1S/C15H21N5O2/c1-12-3-4-13(17-7-12)8-18-14-9-19-20(10-14)11-15(21)16-5-6-22-2/h3-4,7,9-10,18H,5-6,8,11H2,1-2H3,(H,16,21). The van der Waals surface area contributed by atoms with Crippen molar-refractivity contribution in [3.8, 4) is 0 Å². The summed E-state index contributed by atoms with van der Waals surface area (Å²) < 4.78 is 6.47. The van der Waals surface area contributed by atoms with Gasteiger partial charge in [0.2, 0.25) is 5.91 Å². The third-order valence-electron chi connectivity index (χ3n) is 3.01. The summed E-state index contributed by atoms with van der Waals surface area (Å²) in [6, 6.07) is 4.01. The van der Waals surface area contributed by atoms with Gasteiger partial charge < -0.3 is 15.4 Å². The maximum absolute atomic E-state index is 11.6. The number of aryl methyl sites for hydroxylation is 1. The number of nitrogens with one attached hydrogen (secondary N) is 2. The third-order valence-corrected chi connectivity index (χ3v) is 3.01. The van der Waals surface area contributed by atoms with Crippen molar-refractivity contribution >= 4 is 11.6 Å². The van der Waals surface area contributed by atoms with Gasteiger partial charge in [-0.05, 0) is 18.6 Å². The largest absolute Gasteiger partial charge is 0.383 e. The van der Waals surface area contributed by atoms with Crippen LogP contribution < -0.4 is 10.6 Å². The molecule has 0 spiro atoms. The predicted molar refractivity (Wildman–Crippen MR) is 83.4 cm³/mol. The van der Waals surface area contributed by atoms with Gasteiger partial charge in [0, 0.05) is 26.0 Å². The molecule has 0 fully saturated rings. The number of ether oxygens (including phenoxy) is 1. The first-order valence-electron chi connectivity index (χ1n) is 7.11. The van der Waals surface area contributed by atoms with Gasteiger partial charge in [-0.15, -0.1) is 0 Å². The molecule has 0 saturated carbocycles. The lowest BCUT2D eigenvalue weighted by Crippen LogP contribution is -2.30. The molecule has 0 aliphatic rings. The van der Waals surface area contributed by atoms with E-state index >= 15 is 0 Å². The highest BCUT2D eigenvalue weighted by atomic mass is 16.5. The highest BCUT2D eigenvalue weighted by Gasteiger charge is 2.04. The van der Waals surface area contributed by atoms with Crippen LogP contribution in [0, 0.1) is 6.92 Å². The molecule has 0 saturated heterocycles. The molecule has 2 aromatic heterocycles. The lowest BCUT2D eigenvalue weighted by Gasteiger charge is -2.04. The highest BCUT2D eigenvalue weighted by molar-refractivity contribution is 5.75. The molecule has 7 heteroatoms. The summed E-state index contributed by atoms with van der Waals surface area (Å²) in [5, 5.41) is 10.1. The second-order valence-electron chi connectivity index (χ2n) is 4.95. The number of hydrogen-bond donors (Lipinski definition) is 2. The molecule has 0 aromatic carbocycles. The minimum absolute atomic E-state index is 0.0908. The first-order valence-corrected chi connectivity index (χ1v) is 7.11. The average Bonchev–Trinajstić information content (AvgIpc) is 2.94. The summed E-state index contributed by atoms with van der Waals surface area (Å²) in [5.74, 6) is -0.0908. The van der Waals surface area contributed by atoms with E-state index in [0.717, 1.165) is 16.9 Å². The van der Waals surface area contributed by atoms with Gasteiger partial charge in [-0.25, -0.2) is 0 Å². The monoisotopic (exact) mass is 303 g/mol. The number of carbonyl (C=O) groups is 1. The van der Waals surface area contributed by atoms with Crippen LogP contribution in [0.15, 0.2) is 30.7 Å². The van der Waals surface area contributed by atoms with Crippen molar-refractivity contribution in [2.75, 3.05) is 25.6 Å². The first kappa shape index (κ1) is 16.0. The minimum Gasteiger partial charge on any atom is -0.383 e. The van der Waals surface area contributed by atoms with E-state index in [9.17, 15) is 4.79 Å². The summed E-state index contributed by atoms with van der Waals surface area (Å²) >= 11 is 0. The first-order chi connectivity index (χ1) is 10.7. The molecule has 2 N–H and O–H groups in total. The van der Waals surface area contributed by atoms with Crippen LogP contribution in [-0.4, -0.2) is 40.9 Å². The molecule has 0 unspecified atom stereocenters. The van der Waals surface area contributed by atoms with E-state index in [-0.39, 0.29) is 12.5 Å². The Kier molecular flexibility index (Phi) is 5.91. The number of amides is 1. The number of methoxy groups -OCH3 is 1. The number of anilines is 1. The maximum atomic E-state index is 11.6. The van der Waals surface area contributed by atoms with Crippen LogP contribution in [0.25, 0.3) is 0 Å². The minimum atomic E-state index is -0.0908. The summed E-state index contributed by atoms with van der Waals surface area (Å²) in [6.07, 6.45) is 5.32. The molecule has 0 aliphatic carbocycles. The Morgan fingerprint density at radius 1 is 1.36 bits per heavy atom. The van der Waals surface area contributed by atoms with Crippen molar-refractivity contribution in [1.29, 1.82) is 0 Å². The molecule has 0 radical (unpaired) electrons. The van der Waals surface area contributed by atoms with Gasteiger partial charge in [0.15, 0.2) is 0 Å². The van der Waals surface area contributed by atoms with Crippen LogP contribution in [-0.2, 0) is 22.6 Å². The van der Waals surface area contributed by atoms with Crippen LogP contribution in [0.2, 0.25) is 0 Å². The topological polar surface area (TPSA) is 81.1 Å².